The van der Waals surface area contributed by atoms with Gasteiger partial charge in [0.1, 0.15) is 0 Å². The SMILES string of the molecule is C[C@@H]1CC[C@H]2CC(=O)N(CCCCCC(=O)O)[C@@H]3O[C@@]4(C)CC[C@@H]1[C@@]23OO4. The molecule has 4 heterocycles. The Balaban J connectivity index is 1.55. The van der Waals surface area contributed by atoms with Gasteiger partial charge in [-0.25, -0.2) is 9.78 Å². The predicted octanol–water partition coefficient (Wildman–Crippen LogP) is 3.08. The van der Waals surface area contributed by atoms with Crippen LogP contribution in [-0.2, 0) is 24.1 Å². The number of fused-ring (bicyclic) bond motifs is 2. The van der Waals surface area contributed by atoms with Crippen LogP contribution in [0.1, 0.15) is 71.6 Å². The van der Waals surface area contributed by atoms with Gasteiger partial charge in [-0.3, -0.25) is 9.59 Å². The van der Waals surface area contributed by atoms with E-state index in [-0.39, 0.29) is 18.2 Å². The molecule has 7 nitrogen and oxygen atoms in total. The fourth-order valence-corrected chi connectivity index (χ4v) is 5.74. The van der Waals surface area contributed by atoms with E-state index in [1.165, 1.54) is 0 Å². The topological polar surface area (TPSA) is 85.3 Å². The summed E-state index contributed by atoms with van der Waals surface area (Å²) in [6.07, 6.45) is 6.30. The van der Waals surface area contributed by atoms with Gasteiger partial charge in [-0.1, -0.05) is 13.3 Å². The third-order valence-electron chi connectivity index (χ3n) is 7.21. The Hall–Kier alpha value is -1.18. The van der Waals surface area contributed by atoms with Gasteiger partial charge in [-0.2, -0.15) is 0 Å². The number of piperidine rings is 1. The molecule has 7 heteroatoms. The first-order valence-electron chi connectivity index (χ1n) is 10.4. The second-order valence-corrected chi connectivity index (χ2v) is 9.02. The van der Waals surface area contributed by atoms with E-state index in [1.807, 2.05) is 11.8 Å². The zero-order valence-corrected chi connectivity index (χ0v) is 16.3. The smallest absolute Gasteiger partial charge is 0.303 e. The minimum absolute atomic E-state index is 0.127. The van der Waals surface area contributed by atoms with Crippen molar-refractivity contribution >= 4 is 11.9 Å². The van der Waals surface area contributed by atoms with Crippen molar-refractivity contribution in [2.75, 3.05) is 6.54 Å². The predicted molar refractivity (Wildman–Crippen MR) is 95.2 cm³/mol. The molecule has 5 rings (SSSR count). The molecule has 0 aromatic rings. The Bertz CT molecular complexity index is 607. The molecule has 4 aliphatic heterocycles. The van der Waals surface area contributed by atoms with E-state index in [1.54, 1.807) is 0 Å². The van der Waals surface area contributed by atoms with Crippen molar-refractivity contribution in [1.29, 1.82) is 0 Å². The van der Waals surface area contributed by atoms with Gasteiger partial charge in [0.25, 0.3) is 0 Å². The molecule has 0 unspecified atom stereocenters. The molecule has 27 heavy (non-hydrogen) atoms. The Labute approximate surface area is 160 Å². The first kappa shape index (κ1) is 19.2. The van der Waals surface area contributed by atoms with Crippen LogP contribution in [0.25, 0.3) is 0 Å². The van der Waals surface area contributed by atoms with Gasteiger partial charge in [0, 0.05) is 31.7 Å². The molecular weight excluding hydrogens is 350 g/mol. The summed E-state index contributed by atoms with van der Waals surface area (Å²) in [5.41, 5.74) is -0.567. The van der Waals surface area contributed by atoms with Gasteiger partial charge in [0.15, 0.2) is 11.8 Å². The van der Waals surface area contributed by atoms with Gasteiger partial charge in [-0.15, -0.1) is 0 Å². The maximum absolute atomic E-state index is 12.9. The molecule has 1 aliphatic carbocycles. The molecule has 1 spiro atoms. The van der Waals surface area contributed by atoms with Gasteiger partial charge >= 0.3 is 5.97 Å². The minimum atomic E-state index is -0.809. The number of carboxylic acid groups (broad SMARTS) is 1. The van der Waals surface area contributed by atoms with Gasteiger partial charge < -0.3 is 14.7 Å². The number of hydrogen-bond acceptors (Lipinski definition) is 5. The standard InChI is InChI=1S/C20H31NO6/c1-13-7-8-14-12-16(22)21(11-5-3-4-6-17(23)24)18-20(14)15(13)9-10-19(2,25-18)26-27-20/h13-15,18H,3-12H2,1-2H3,(H,23,24)/t13-,14+,15+,18-,19-,20+/m1/s1. The zero-order valence-electron chi connectivity index (χ0n) is 16.3. The number of carboxylic acids is 1. The van der Waals surface area contributed by atoms with Crippen molar-refractivity contribution in [1.82, 2.24) is 4.90 Å². The summed E-state index contributed by atoms with van der Waals surface area (Å²) >= 11 is 0. The Kier molecular flexibility index (Phi) is 4.97. The van der Waals surface area contributed by atoms with Gasteiger partial charge in [-0.05, 0) is 50.9 Å². The number of nitrogens with zero attached hydrogens (tertiary/aromatic N) is 1. The summed E-state index contributed by atoms with van der Waals surface area (Å²) in [6.45, 7) is 4.77. The summed E-state index contributed by atoms with van der Waals surface area (Å²) in [7, 11) is 0. The number of hydrogen-bond donors (Lipinski definition) is 1. The highest BCUT2D eigenvalue weighted by molar-refractivity contribution is 5.78. The first-order valence-corrected chi connectivity index (χ1v) is 10.4. The average molecular weight is 381 g/mol. The van der Waals surface area contributed by atoms with Crippen molar-refractivity contribution < 1.29 is 29.2 Å². The quantitative estimate of drug-likeness (QED) is 0.562. The van der Waals surface area contributed by atoms with Crippen LogP contribution in [0.3, 0.4) is 0 Å². The van der Waals surface area contributed by atoms with Crippen molar-refractivity contribution in [3.05, 3.63) is 0 Å². The van der Waals surface area contributed by atoms with E-state index in [0.717, 1.165) is 38.5 Å². The fourth-order valence-electron chi connectivity index (χ4n) is 5.74. The minimum Gasteiger partial charge on any atom is -0.481 e. The monoisotopic (exact) mass is 381 g/mol. The normalized spacial score (nSPS) is 43.3. The lowest BCUT2D eigenvalue weighted by atomic mass is 9.59. The maximum Gasteiger partial charge on any atom is 0.303 e. The van der Waals surface area contributed by atoms with E-state index in [4.69, 9.17) is 19.6 Å². The number of amides is 1. The van der Waals surface area contributed by atoms with Crippen LogP contribution >= 0.6 is 0 Å². The molecule has 0 aromatic carbocycles. The largest absolute Gasteiger partial charge is 0.481 e. The van der Waals surface area contributed by atoms with E-state index < -0.39 is 23.6 Å². The molecule has 0 radical (unpaired) electrons. The average Bonchev–Trinajstić information content (AvgIpc) is 2.85. The van der Waals surface area contributed by atoms with Gasteiger partial charge in [0.05, 0.1) is 0 Å². The van der Waals surface area contributed by atoms with Crippen LogP contribution in [0.4, 0.5) is 0 Å². The van der Waals surface area contributed by atoms with E-state index in [9.17, 15) is 9.59 Å². The Morgan fingerprint density at radius 2 is 2.04 bits per heavy atom. The number of unbranched alkanes of at least 4 members (excludes halogenated alkanes) is 2. The van der Waals surface area contributed by atoms with Crippen LogP contribution in [0.5, 0.6) is 0 Å². The molecule has 6 atom stereocenters. The third kappa shape index (κ3) is 3.17. The highest BCUT2D eigenvalue weighted by atomic mass is 17.3. The van der Waals surface area contributed by atoms with Crippen molar-refractivity contribution in [2.45, 2.75) is 89.3 Å². The maximum atomic E-state index is 12.9. The van der Waals surface area contributed by atoms with E-state index in [2.05, 4.69) is 6.92 Å². The number of rotatable bonds is 6. The van der Waals surface area contributed by atoms with Crippen LogP contribution in [0.15, 0.2) is 0 Å². The second-order valence-electron chi connectivity index (χ2n) is 9.02. The van der Waals surface area contributed by atoms with Crippen LogP contribution in [0.2, 0.25) is 0 Å². The molecule has 4 saturated heterocycles. The second kappa shape index (κ2) is 7.01. The highest BCUT2D eigenvalue weighted by Gasteiger charge is 2.68. The molecule has 5 aliphatic rings. The number of ether oxygens (including phenoxy) is 1. The number of carbonyl (C=O) groups is 2. The van der Waals surface area contributed by atoms with E-state index in [0.29, 0.717) is 31.2 Å². The lowest BCUT2D eigenvalue weighted by molar-refractivity contribution is -0.546. The van der Waals surface area contributed by atoms with Crippen LogP contribution in [-0.4, -0.2) is 46.0 Å². The number of carbonyl (C=O) groups excluding carboxylic acids is 1. The Morgan fingerprint density at radius 1 is 1.22 bits per heavy atom. The summed E-state index contributed by atoms with van der Waals surface area (Å²) in [6, 6.07) is 0. The molecule has 1 N–H and O–H groups in total. The molecule has 1 amide bonds. The summed E-state index contributed by atoms with van der Waals surface area (Å²) in [4.78, 5) is 37.4. The molecule has 0 aromatic heterocycles. The van der Waals surface area contributed by atoms with E-state index >= 15 is 0 Å². The van der Waals surface area contributed by atoms with Crippen LogP contribution in [0, 0.1) is 17.8 Å². The summed E-state index contributed by atoms with van der Waals surface area (Å²) in [5, 5.41) is 8.79. The molecule has 1 saturated carbocycles. The van der Waals surface area contributed by atoms with Crippen molar-refractivity contribution in [3.63, 3.8) is 0 Å². The number of aliphatic carboxylic acids is 1. The van der Waals surface area contributed by atoms with Crippen molar-refractivity contribution in [3.8, 4) is 0 Å². The highest BCUT2D eigenvalue weighted by Crippen LogP contribution is 2.59. The molecule has 2 bridgehead atoms. The van der Waals surface area contributed by atoms with Crippen LogP contribution < -0.4 is 0 Å². The third-order valence-corrected chi connectivity index (χ3v) is 7.21. The lowest BCUT2D eigenvalue weighted by Crippen LogP contribution is -2.73. The van der Waals surface area contributed by atoms with Gasteiger partial charge in [0.2, 0.25) is 11.7 Å². The molecule has 152 valence electrons. The molecule has 5 fully saturated rings. The summed E-state index contributed by atoms with van der Waals surface area (Å²) in [5.74, 6) is -0.469. The Morgan fingerprint density at radius 3 is 2.81 bits per heavy atom. The fraction of sp³-hybridized carbons (Fsp3) is 0.900. The zero-order chi connectivity index (χ0) is 19.2. The lowest BCUT2D eigenvalue weighted by Gasteiger charge is -2.60. The first-order chi connectivity index (χ1) is 12.9. The number of likely N-dealkylation sites (tertiary alicyclic amines) is 1. The molecular formula is C20H31NO6. The summed E-state index contributed by atoms with van der Waals surface area (Å²) < 4.78 is 6.42. The van der Waals surface area contributed by atoms with Crippen molar-refractivity contribution in [2.24, 2.45) is 17.8 Å².